The molecule has 8 nitrogen and oxygen atoms in total. The first-order valence-corrected chi connectivity index (χ1v) is 10.3. The predicted molar refractivity (Wildman–Crippen MR) is 104 cm³/mol. The Morgan fingerprint density at radius 2 is 2.00 bits per heavy atom. The number of hydrogen-bond donors (Lipinski definition) is 1. The Kier molecular flexibility index (Phi) is 5.68. The first-order chi connectivity index (χ1) is 13.2. The second-order valence-electron chi connectivity index (χ2n) is 5.58. The van der Waals surface area contributed by atoms with Gasteiger partial charge in [0.25, 0.3) is 15.7 Å². The number of nitro benzene ring substituents is 1. The quantitative estimate of drug-likeness (QED) is 0.412. The lowest BCUT2D eigenvalue weighted by molar-refractivity contribution is -0.385. The van der Waals surface area contributed by atoms with E-state index in [2.05, 4.69) is 25.8 Å². The molecule has 0 fully saturated rings. The number of nitrogens with zero attached hydrogens (tertiary/aromatic N) is 3. The summed E-state index contributed by atoms with van der Waals surface area (Å²) in [4.78, 5) is 9.87. The number of non-ortho nitro benzene ring substituents is 1. The molecule has 0 spiro atoms. The lowest BCUT2D eigenvalue weighted by atomic mass is 10.2. The van der Waals surface area contributed by atoms with Gasteiger partial charge in [0.15, 0.2) is 5.82 Å². The van der Waals surface area contributed by atoms with E-state index in [1.807, 2.05) is 0 Å². The van der Waals surface area contributed by atoms with Crippen LogP contribution in [0.2, 0.25) is 5.02 Å². The third-order valence-corrected chi connectivity index (χ3v) is 5.94. The van der Waals surface area contributed by atoms with Crippen LogP contribution >= 0.6 is 27.5 Å². The molecule has 0 unspecified atom stereocenters. The van der Waals surface area contributed by atoms with E-state index in [9.17, 15) is 22.9 Å². The highest BCUT2D eigenvalue weighted by atomic mass is 79.9. The van der Waals surface area contributed by atoms with Crippen molar-refractivity contribution >= 4 is 49.1 Å². The van der Waals surface area contributed by atoms with Gasteiger partial charge in [-0.05, 0) is 34.1 Å². The van der Waals surface area contributed by atoms with Crippen molar-refractivity contribution < 1.29 is 17.7 Å². The minimum absolute atomic E-state index is 0.0252. The summed E-state index contributed by atoms with van der Waals surface area (Å²) in [6, 6.07) is 8.86. The number of halogens is 3. The highest BCUT2D eigenvalue weighted by molar-refractivity contribution is 9.10. The smallest absolute Gasteiger partial charge is 0.265 e. The molecule has 3 rings (SSSR count). The highest BCUT2D eigenvalue weighted by Crippen LogP contribution is 2.26. The Bertz CT molecular complexity index is 1150. The summed E-state index contributed by atoms with van der Waals surface area (Å²) in [6.07, 6.45) is 1.45. The third kappa shape index (κ3) is 4.32. The van der Waals surface area contributed by atoms with Crippen molar-refractivity contribution in [3.8, 4) is 0 Å². The van der Waals surface area contributed by atoms with Crippen LogP contribution in [-0.4, -0.2) is 23.1 Å². The van der Waals surface area contributed by atoms with Crippen LogP contribution in [0.4, 0.5) is 15.9 Å². The van der Waals surface area contributed by atoms with Crippen molar-refractivity contribution in [2.45, 2.75) is 11.4 Å². The van der Waals surface area contributed by atoms with Gasteiger partial charge in [-0.1, -0.05) is 23.7 Å². The van der Waals surface area contributed by atoms with Gasteiger partial charge in [0.1, 0.15) is 5.82 Å². The predicted octanol–water partition coefficient (Wildman–Crippen LogP) is 4.20. The summed E-state index contributed by atoms with van der Waals surface area (Å²) >= 11 is 9.18. The normalized spacial score (nSPS) is 11.4. The standard InChI is InChI=1S/C16H11BrClFN4O4S/c17-13-9-22(8-12-14(18)5-2-6-15(12)19)20-16(13)21-28(26,27)11-4-1-3-10(7-11)23(24)25/h1-7,9H,8H2,(H,20,21). The molecule has 0 radical (unpaired) electrons. The zero-order valence-corrected chi connectivity index (χ0v) is 17.0. The minimum Gasteiger partial charge on any atom is -0.265 e. The van der Waals surface area contributed by atoms with Gasteiger partial charge in [0.2, 0.25) is 0 Å². The van der Waals surface area contributed by atoms with E-state index in [0.29, 0.717) is 4.47 Å². The number of anilines is 1. The van der Waals surface area contributed by atoms with Crippen LogP contribution in [0.1, 0.15) is 5.56 Å². The third-order valence-electron chi connectivity index (χ3n) is 3.67. The van der Waals surface area contributed by atoms with Gasteiger partial charge in [-0.15, -0.1) is 0 Å². The second kappa shape index (κ2) is 7.86. The molecule has 0 saturated carbocycles. The summed E-state index contributed by atoms with van der Waals surface area (Å²) in [6.45, 7) is -0.0252. The Balaban J connectivity index is 1.87. The number of nitrogens with one attached hydrogen (secondary N) is 1. The van der Waals surface area contributed by atoms with Crippen molar-refractivity contribution in [1.82, 2.24) is 9.78 Å². The molecule has 28 heavy (non-hydrogen) atoms. The average Bonchev–Trinajstić information content (AvgIpc) is 2.97. The molecule has 0 aliphatic heterocycles. The Morgan fingerprint density at radius 3 is 2.68 bits per heavy atom. The van der Waals surface area contributed by atoms with Gasteiger partial charge in [0, 0.05) is 28.9 Å². The number of rotatable bonds is 6. The van der Waals surface area contributed by atoms with Gasteiger partial charge in [-0.3, -0.25) is 19.5 Å². The molecule has 0 aliphatic carbocycles. The van der Waals surface area contributed by atoms with E-state index in [1.54, 1.807) is 0 Å². The SMILES string of the molecule is O=[N+]([O-])c1cccc(S(=O)(=O)Nc2nn(Cc3c(F)cccc3Cl)cc2Br)c1. The maximum absolute atomic E-state index is 13.9. The lowest BCUT2D eigenvalue weighted by Crippen LogP contribution is -2.14. The summed E-state index contributed by atoms with van der Waals surface area (Å²) in [5, 5.41) is 15.1. The first kappa shape index (κ1) is 20.2. The Morgan fingerprint density at radius 1 is 1.29 bits per heavy atom. The molecule has 1 aromatic heterocycles. The monoisotopic (exact) mass is 488 g/mol. The average molecular weight is 490 g/mol. The maximum atomic E-state index is 13.9. The van der Waals surface area contributed by atoms with Gasteiger partial charge in [-0.2, -0.15) is 5.10 Å². The van der Waals surface area contributed by atoms with Crippen LogP contribution < -0.4 is 4.72 Å². The molecule has 0 aliphatic rings. The molecule has 0 atom stereocenters. The topological polar surface area (TPSA) is 107 Å². The fraction of sp³-hybridized carbons (Fsp3) is 0.0625. The van der Waals surface area contributed by atoms with E-state index >= 15 is 0 Å². The Hall–Kier alpha value is -2.50. The van der Waals surface area contributed by atoms with Crippen LogP contribution in [0.3, 0.4) is 0 Å². The molecule has 146 valence electrons. The van der Waals surface area contributed by atoms with E-state index in [4.69, 9.17) is 11.6 Å². The number of sulfonamides is 1. The molecule has 12 heteroatoms. The molecule has 0 bridgehead atoms. The lowest BCUT2D eigenvalue weighted by Gasteiger charge is -2.07. The molecule has 2 aromatic carbocycles. The number of nitro groups is 1. The van der Waals surface area contributed by atoms with E-state index < -0.39 is 20.8 Å². The molecule has 0 amide bonds. The summed E-state index contributed by atoms with van der Waals surface area (Å²) in [5.41, 5.74) is -0.158. The zero-order chi connectivity index (χ0) is 20.5. The van der Waals surface area contributed by atoms with Gasteiger partial charge < -0.3 is 0 Å². The fourth-order valence-electron chi connectivity index (χ4n) is 2.34. The Labute approximate surface area is 172 Å². The van der Waals surface area contributed by atoms with E-state index in [0.717, 1.165) is 6.07 Å². The number of benzene rings is 2. The van der Waals surface area contributed by atoms with Crippen LogP contribution in [0.5, 0.6) is 0 Å². The largest absolute Gasteiger partial charge is 0.270 e. The number of hydrogen-bond acceptors (Lipinski definition) is 5. The summed E-state index contributed by atoms with van der Waals surface area (Å²) in [5.74, 6) is -0.572. The summed E-state index contributed by atoms with van der Waals surface area (Å²) < 4.78 is 42.8. The molecule has 1 heterocycles. The molecule has 3 aromatic rings. The zero-order valence-electron chi connectivity index (χ0n) is 13.8. The van der Waals surface area contributed by atoms with Crippen LogP contribution in [0, 0.1) is 15.9 Å². The second-order valence-corrected chi connectivity index (χ2v) is 8.53. The van der Waals surface area contributed by atoms with Crippen LogP contribution in [0.25, 0.3) is 0 Å². The maximum Gasteiger partial charge on any atom is 0.270 e. The van der Waals surface area contributed by atoms with Crippen LogP contribution in [0.15, 0.2) is 58.0 Å². The van der Waals surface area contributed by atoms with E-state index in [-0.39, 0.29) is 33.5 Å². The van der Waals surface area contributed by atoms with Crippen molar-refractivity contribution in [2.75, 3.05) is 4.72 Å². The van der Waals surface area contributed by atoms with Crippen molar-refractivity contribution in [3.63, 3.8) is 0 Å². The van der Waals surface area contributed by atoms with Gasteiger partial charge in [0.05, 0.1) is 20.8 Å². The molecular weight excluding hydrogens is 479 g/mol. The summed E-state index contributed by atoms with van der Waals surface area (Å²) in [7, 11) is -4.13. The minimum atomic E-state index is -4.13. The van der Waals surface area contributed by atoms with Crippen molar-refractivity contribution in [1.29, 1.82) is 0 Å². The molecular formula is C16H11BrClFN4O4S. The van der Waals surface area contributed by atoms with Gasteiger partial charge in [-0.25, -0.2) is 12.8 Å². The van der Waals surface area contributed by atoms with Crippen molar-refractivity contribution in [3.05, 3.63) is 79.7 Å². The molecule has 1 N–H and O–H groups in total. The molecule has 0 saturated heterocycles. The van der Waals surface area contributed by atoms with Crippen LogP contribution in [-0.2, 0) is 16.6 Å². The first-order valence-electron chi connectivity index (χ1n) is 7.60. The van der Waals surface area contributed by atoms with E-state index in [1.165, 1.54) is 47.3 Å². The highest BCUT2D eigenvalue weighted by Gasteiger charge is 2.21. The fourth-order valence-corrected chi connectivity index (χ4v) is 4.17. The van der Waals surface area contributed by atoms with Crippen molar-refractivity contribution in [2.24, 2.45) is 0 Å². The van der Waals surface area contributed by atoms with Gasteiger partial charge >= 0.3 is 0 Å². The number of aromatic nitrogens is 2.